The Kier molecular flexibility index (Phi) is 4.66. The predicted octanol–water partition coefficient (Wildman–Crippen LogP) is 2.10. The number of rotatable bonds is 4. The van der Waals surface area contributed by atoms with Crippen molar-refractivity contribution in [1.29, 1.82) is 0 Å². The molecule has 0 amide bonds. The van der Waals surface area contributed by atoms with Crippen molar-refractivity contribution in [2.24, 2.45) is 5.92 Å². The Hall–Kier alpha value is -1.00. The van der Waals surface area contributed by atoms with Crippen LogP contribution in [-0.4, -0.2) is 34.9 Å². The van der Waals surface area contributed by atoms with Gasteiger partial charge in [-0.25, -0.2) is 9.97 Å². The first-order valence-corrected chi connectivity index (χ1v) is 6.73. The van der Waals surface area contributed by atoms with E-state index >= 15 is 0 Å². The second-order valence-corrected chi connectivity index (χ2v) is 5.26. The molecule has 0 saturated carbocycles. The lowest BCUT2D eigenvalue weighted by atomic mass is 9.94. The molecule has 1 fully saturated rings. The van der Waals surface area contributed by atoms with Gasteiger partial charge in [-0.1, -0.05) is 13.8 Å². The normalized spacial score (nSPS) is 19.1. The monoisotopic (exact) mass is 250 g/mol. The van der Waals surface area contributed by atoms with Crippen LogP contribution >= 0.6 is 0 Å². The maximum absolute atomic E-state index is 9.45. The third-order valence-corrected chi connectivity index (χ3v) is 3.67. The summed E-state index contributed by atoms with van der Waals surface area (Å²) in [5.41, 5.74) is 1.10. The van der Waals surface area contributed by atoms with Gasteiger partial charge in [0.15, 0.2) is 0 Å². The molecule has 1 aliphatic heterocycles. The average Bonchev–Trinajstić information content (AvgIpc) is 2.40. The number of hydrogen-bond acceptors (Lipinski definition) is 4. The van der Waals surface area contributed by atoms with Gasteiger partial charge in [-0.15, -0.1) is 0 Å². The van der Waals surface area contributed by atoms with Gasteiger partial charge in [-0.3, -0.25) is 0 Å². The van der Waals surface area contributed by atoms with Crippen LogP contribution in [0, 0.1) is 5.92 Å². The fourth-order valence-electron chi connectivity index (χ4n) is 2.38. The average molecular weight is 250 g/mol. The molecule has 1 aliphatic rings. The highest BCUT2D eigenvalue weighted by atomic mass is 16.5. The molecule has 1 aromatic heterocycles. The minimum absolute atomic E-state index is 0.0322. The summed E-state index contributed by atoms with van der Waals surface area (Å²) in [5.74, 6) is 1.63. The summed E-state index contributed by atoms with van der Waals surface area (Å²) in [7, 11) is 0. The van der Waals surface area contributed by atoms with E-state index in [9.17, 15) is 5.11 Å². The van der Waals surface area contributed by atoms with Gasteiger partial charge in [0.1, 0.15) is 5.82 Å². The third-order valence-electron chi connectivity index (χ3n) is 3.67. The fourth-order valence-corrected chi connectivity index (χ4v) is 2.38. The quantitative estimate of drug-likeness (QED) is 0.889. The first-order chi connectivity index (χ1) is 8.72. The zero-order valence-corrected chi connectivity index (χ0v) is 11.2. The van der Waals surface area contributed by atoms with Crippen molar-refractivity contribution in [3.63, 3.8) is 0 Å². The van der Waals surface area contributed by atoms with Crippen LogP contribution in [-0.2, 0) is 4.74 Å². The number of ether oxygens (including phenoxy) is 1. The summed E-state index contributed by atoms with van der Waals surface area (Å²) in [6, 6.07) is 1.99. The summed E-state index contributed by atoms with van der Waals surface area (Å²) in [6.45, 7) is 5.92. The topological polar surface area (TPSA) is 55.2 Å². The van der Waals surface area contributed by atoms with E-state index in [1.165, 1.54) is 0 Å². The highest BCUT2D eigenvalue weighted by Gasteiger charge is 2.21. The molecular weight excluding hydrogens is 228 g/mol. The number of aromatic nitrogens is 2. The molecule has 1 aromatic rings. The zero-order chi connectivity index (χ0) is 13.0. The number of aliphatic hydroxyl groups is 1. The van der Waals surface area contributed by atoms with E-state index in [2.05, 4.69) is 23.8 Å². The second kappa shape index (κ2) is 6.25. The van der Waals surface area contributed by atoms with Gasteiger partial charge in [-0.2, -0.15) is 0 Å². The van der Waals surface area contributed by atoms with E-state index in [-0.39, 0.29) is 12.5 Å². The van der Waals surface area contributed by atoms with Crippen LogP contribution in [0.15, 0.2) is 12.3 Å². The molecule has 0 aromatic carbocycles. The van der Waals surface area contributed by atoms with E-state index in [1.807, 2.05) is 12.3 Å². The van der Waals surface area contributed by atoms with Crippen LogP contribution in [0.25, 0.3) is 0 Å². The van der Waals surface area contributed by atoms with Crippen molar-refractivity contribution >= 4 is 0 Å². The SMILES string of the molecule is CC(C)C(CO)c1nccc(C2CCOCC2)n1. The van der Waals surface area contributed by atoms with Crippen molar-refractivity contribution in [3.05, 3.63) is 23.8 Å². The fraction of sp³-hybridized carbons (Fsp3) is 0.714. The highest BCUT2D eigenvalue weighted by molar-refractivity contribution is 5.11. The van der Waals surface area contributed by atoms with E-state index in [0.717, 1.165) is 37.6 Å². The number of hydrogen-bond donors (Lipinski definition) is 1. The summed E-state index contributed by atoms with van der Waals surface area (Å²) < 4.78 is 5.37. The van der Waals surface area contributed by atoms with Crippen LogP contribution in [0.2, 0.25) is 0 Å². The van der Waals surface area contributed by atoms with Crippen molar-refractivity contribution in [2.75, 3.05) is 19.8 Å². The largest absolute Gasteiger partial charge is 0.396 e. The lowest BCUT2D eigenvalue weighted by Gasteiger charge is -2.23. The van der Waals surface area contributed by atoms with E-state index < -0.39 is 0 Å². The van der Waals surface area contributed by atoms with E-state index in [1.54, 1.807) is 0 Å². The highest BCUT2D eigenvalue weighted by Crippen LogP contribution is 2.27. The van der Waals surface area contributed by atoms with Gasteiger partial charge in [0, 0.05) is 36.9 Å². The molecule has 4 nitrogen and oxygen atoms in total. The number of nitrogens with zero attached hydrogens (tertiary/aromatic N) is 2. The first-order valence-electron chi connectivity index (χ1n) is 6.73. The molecule has 4 heteroatoms. The molecule has 100 valence electrons. The molecule has 1 N–H and O–H groups in total. The molecular formula is C14H22N2O2. The molecule has 0 spiro atoms. The summed E-state index contributed by atoms with van der Waals surface area (Å²) in [4.78, 5) is 8.99. The molecule has 1 unspecified atom stereocenters. The molecule has 0 radical (unpaired) electrons. The third kappa shape index (κ3) is 3.06. The van der Waals surface area contributed by atoms with Crippen LogP contribution in [0.3, 0.4) is 0 Å². The van der Waals surface area contributed by atoms with Crippen LogP contribution in [0.4, 0.5) is 0 Å². The summed E-state index contributed by atoms with van der Waals surface area (Å²) in [6.07, 6.45) is 3.88. The van der Waals surface area contributed by atoms with E-state index in [4.69, 9.17) is 4.74 Å². The standard InChI is InChI=1S/C14H22N2O2/c1-10(2)12(9-17)14-15-6-3-13(16-14)11-4-7-18-8-5-11/h3,6,10-12,17H,4-5,7-9H2,1-2H3. The minimum atomic E-state index is 0.0322. The Labute approximate surface area is 108 Å². The molecule has 2 heterocycles. The van der Waals surface area contributed by atoms with Gasteiger partial charge in [0.2, 0.25) is 0 Å². The van der Waals surface area contributed by atoms with Crippen molar-refractivity contribution in [2.45, 2.75) is 38.5 Å². The number of aliphatic hydroxyl groups excluding tert-OH is 1. The Balaban J connectivity index is 2.18. The van der Waals surface area contributed by atoms with Gasteiger partial charge in [-0.05, 0) is 24.8 Å². The molecule has 1 atom stereocenters. The Morgan fingerprint density at radius 1 is 1.39 bits per heavy atom. The van der Waals surface area contributed by atoms with Crippen LogP contribution in [0.1, 0.15) is 50.0 Å². The minimum Gasteiger partial charge on any atom is -0.396 e. The van der Waals surface area contributed by atoms with Crippen molar-refractivity contribution in [3.8, 4) is 0 Å². The maximum Gasteiger partial charge on any atom is 0.134 e. The lowest BCUT2D eigenvalue weighted by molar-refractivity contribution is 0.0843. The first kappa shape index (κ1) is 13.4. The predicted molar refractivity (Wildman–Crippen MR) is 69.5 cm³/mol. The van der Waals surface area contributed by atoms with Gasteiger partial charge in [0.05, 0.1) is 6.61 Å². The van der Waals surface area contributed by atoms with Gasteiger partial charge < -0.3 is 9.84 Å². The Morgan fingerprint density at radius 3 is 2.72 bits per heavy atom. The summed E-state index contributed by atoms with van der Waals surface area (Å²) >= 11 is 0. The zero-order valence-electron chi connectivity index (χ0n) is 11.2. The molecule has 0 aliphatic carbocycles. The molecule has 18 heavy (non-hydrogen) atoms. The van der Waals surface area contributed by atoms with Gasteiger partial charge in [0.25, 0.3) is 0 Å². The summed E-state index contributed by atoms with van der Waals surface area (Å²) in [5, 5.41) is 9.45. The van der Waals surface area contributed by atoms with Gasteiger partial charge >= 0.3 is 0 Å². The van der Waals surface area contributed by atoms with Crippen molar-refractivity contribution < 1.29 is 9.84 Å². The Bertz CT molecular complexity index is 376. The smallest absolute Gasteiger partial charge is 0.134 e. The Morgan fingerprint density at radius 2 is 2.11 bits per heavy atom. The second-order valence-electron chi connectivity index (χ2n) is 5.26. The van der Waals surface area contributed by atoms with Crippen LogP contribution < -0.4 is 0 Å². The lowest BCUT2D eigenvalue weighted by Crippen LogP contribution is -2.19. The maximum atomic E-state index is 9.45. The van der Waals surface area contributed by atoms with Crippen LogP contribution in [0.5, 0.6) is 0 Å². The molecule has 2 rings (SSSR count). The van der Waals surface area contributed by atoms with Crippen molar-refractivity contribution in [1.82, 2.24) is 9.97 Å². The van der Waals surface area contributed by atoms with E-state index in [0.29, 0.717) is 11.8 Å². The molecule has 1 saturated heterocycles. The molecule has 0 bridgehead atoms.